The second-order valence-corrected chi connectivity index (χ2v) is 10.9. The summed E-state index contributed by atoms with van der Waals surface area (Å²) in [6.45, 7) is 2.61. The average Bonchev–Trinajstić information content (AvgIpc) is 3.36. The lowest BCUT2D eigenvalue weighted by Gasteiger charge is -2.31. The maximum atomic E-state index is 11.5. The Morgan fingerprint density at radius 1 is 1.12 bits per heavy atom. The van der Waals surface area contributed by atoms with Gasteiger partial charge in [-0.25, -0.2) is 13.1 Å². The topological polar surface area (TPSA) is 100 Å². The standard InChI is InChI=1S/C24H29N5O3S/c1-33(31,32)26-20-7-4-6-18(13-20)17-9-11-28(12-10-17)15-21-16-29(27-25-21)24-22-8-3-2-5-19(22)14-23(24)30/h2-8,13,16-17,23-24,26,30H,9-12,14-15H2,1H3. The first-order chi connectivity index (χ1) is 15.9. The van der Waals surface area contributed by atoms with E-state index in [-0.39, 0.29) is 6.04 Å². The molecular weight excluding hydrogens is 438 g/mol. The SMILES string of the molecule is CS(=O)(=O)Nc1cccc(C2CCN(Cc3cn(C4c5ccccc5CC4O)nn3)CC2)c1. The van der Waals surface area contributed by atoms with E-state index in [0.29, 0.717) is 18.0 Å². The summed E-state index contributed by atoms with van der Waals surface area (Å²) < 4.78 is 27.4. The Hall–Kier alpha value is -2.75. The molecule has 0 amide bonds. The Morgan fingerprint density at radius 3 is 2.70 bits per heavy atom. The average molecular weight is 468 g/mol. The van der Waals surface area contributed by atoms with Gasteiger partial charge in [0.15, 0.2) is 0 Å². The fraction of sp³-hybridized carbons (Fsp3) is 0.417. The summed E-state index contributed by atoms with van der Waals surface area (Å²) in [5.41, 5.74) is 4.98. The molecule has 1 aliphatic heterocycles. The van der Waals surface area contributed by atoms with Gasteiger partial charge in [0.1, 0.15) is 6.04 Å². The summed E-state index contributed by atoms with van der Waals surface area (Å²) in [5.74, 6) is 0.406. The van der Waals surface area contributed by atoms with Gasteiger partial charge in [-0.2, -0.15) is 0 Å². The van der Waals surface area contributed by atoms with Gasteiger partial charge in [0.05, 0.1) is 24.3 Å². The molecule has 1 fully saturated rings. The molecule has 5 rings (SSSR count). The van der Waals surface area contributed by atoms with Crippen LogP contribution in [0.25, 0.3) is 0 Å². The predicted molar refractivity (Wildman–Crippen MR) is 126 cm³/mol. The van der Waals surface area contributed by atoms with Crippen LogP contribution in [0.3, 0.4) is 0 Å². The molecule has 9 heteroatoms. The lowest BCUT2D eigenvalue weighted by molar-refractivity contribution is 0.137. The van der Waals surface area contributed by atoms with E-state index in [1.807, 2.05) is 30.5 Å². The normalized spacial score (nSPS) is 21.8. The molecule has 0 spiro atoms. The van der Waals surface area contributed by atoms with Crippen molar-refractivity contribution in [3.8, 4) is 0 Å². The Balaban J connectivity index is 1.20. The molecule has 1 saturated heterocycles. The number of hydrogen-bond donors (Lipinski definition) is 2. The zero-order valence-electron chi connectivity index (χ0n) is 18.6. The first-order valence-corrected chi connectivity index (χ1v) is 13.2. The van der Waals surface area contributed by atoms with Gasteiger partial charge in [-0.15, -0.1) is 5.10 Å². The molecule has 0 bridgehead atoms. The second kappa shape index (κ2) is 8.89. The van der Waals surface area contributed by atoms with E-state index < -0.39 is 16.1 Å². The molecule has 2 aliphatic rings. The number of aromatic nitrogens is 3. The van der Waals surface area contributed by atoms with Crippen LogP contribution in [0.15, 0.2) is 54.7 Å². The van der Waals surface area contributed by atoms with Crippen LogP contribution in [0.5, 0.6) is 0 Å². The van der Waals surface area contributed by atoms with Crippen molar-refractivity contribution in [2.24, 2.45) is 0 Å². The largest absolute Gasteiger partial charge is 0.390 e. The quantitative estimate of drug-likeness (QED) is 0.578. The van der Waals surface area contributed by atoms with E-state index in [1.165, 1.54) is 17.4 Å². The van der Waals surface area contributed by atoms with E-state index in [9.17, 15) is 13.5 Å². The minimum absolute atomic E-state index is 0.180. The van der Waals surface area contributed by atoms with Crippen molar-refractivity contribution in [3.63, 3.8) is 0 Å². The van der Waals surface area contributed by atoms with Gasteiger partial charge in [-0.3, -0.25) is 9.62 Å². The zero-order chi connectivity index (χ0) is 23.0. The number of sulfonamides is 1. The minimum Gasteiger partial charge on any atom is -0.390 e. The Morgan fingerprint density at radius 2 is 1.91 bits per heavy atom. The number of hydrogen-bond acceptors (Lipinski definition) is 6. The fourth-order valence-corrected chi connectivity index (χ4v) is 5.67. The van der Waals surface area contributed by atoms with E-state index in [0.717, 1.165) is 43.7 Å². The first kappa shape index (κ1) is 22.1. The molecule has 3 aromatic rings. The number of nitrogens with zero attached hydrogens (tertiary/aromatic N) is 4. The van der Waals surface area contributed by atoms with Crippen LogP contribution in [0, 0.1) is 0 Å². The lowest BCUT2D eigenvalue weighted by atomic mass is 9.89. The van der Waals surface area contributed by atoms with Gasteiger partial charge in [0.25, 0.3) is 0 Å². The number of likely N-dealkylation sites (tertiary alicyclic amines) is 1. The van der Waals surface area contributed by atoms with Gasteiger partial charge < -0.3 is 5.11 Å². The molecule has 0 radical (unpaired) electrons. The van der Waals surface area contributed by atoms with Crippen molar-refractivity contribution in [1.82, 2.24) is 19.9 Å². The molecule has 1 aliphatic carbocycles. The van der Waals surface area contributed by atoms with Crippen LogP contribution in [0.2, 0.25) is 0 Å². The first-order valence-electron chi connectivity index (χ1n) is 11.3. The smallest absolute Gasteiger partial charge is 0.229 e. The number of nitrogens with one attached hydrogen (secondary N) is 1. The fourth-order valence-electron chi connectivity index (χ4n) is 5.12. The van der Waals surface area contributed by atoms with Gasteiger partial charge in [0, 0.05) is 18.7 Å². The molecule has 33 heavy (non-hydrogen) atoms. The van der Waals surface area contributed by atoms with Gasteiger partial charge >= 0.3 is 0 Å². The molecule has 0 saturated carbocycles. The Kier molecular flexibility index (Phi) is 5.94. The third-order valence-electron chi connectivity index (χ3n) is 6.64. The molecule has 1 aromatic heterocycles. The molecule has 2 heterocycles. The third kappa shape index (κ3) is 4.95. The summed E-state index contributed by atoms with van der Waals surface area (Å²) in [4.78, 5) is 2.38. The number of fused-ring (bicyclic) bond motifs is 1. The van der Waals surface area contributed by atoms with Gasteiger partial charge in [0.2, 0.25) is 10.0 Å². The van der Waals surface area contributed by atoms with Crippen molar-refractivity contribution in [3.05, 3.63) is 77.1 Å². The van der Waals surface area contributed by atoms with Crippen molar-refractivity contribution >= 4 is 15.7 Å². The molecule has 2 atom stereocenters. The maximum Gasteiger partial charge on any atom is 0.229 e. The highest BCUT2D eigenvalue weighted by Crippen LogP contribution is 2.34. The summed E-state index contributed by atoms with van der Waals surface area (Å²) >= 11 is 0. The number of aliphatic hydroxyl groups excluding tert-OH is 1. The van der Waals surface area contributed by atoms with E-state index in [4.69, 9.17) is 0 Å². The second-order valence-electron chi connectivity index (χ2n) is 9.16. The zero-order valence-corrected chi connectivity index (χ0v) is 19.4. The number of piperidine rings is 1. The molecule has 8 nitrogen and oxygen atoms in total. The van der Waals surface area contributed by atoms with Crippen LogP contribution in [0.1, 0.15) is 47.2 Å². The number of aliphatic hydroxyl groups is 1. The molecule has 174 valence electrons. The van der Waals surface area contributed by atoms with E-state index in [1.54, 1.807) is 10.7 Å². The van der Waals surface area contributed by atoms with Crippen LogP contribution in [0.4, 0.5) is 5.69 Å². The highest BCUT2D eigenvalue weighted by atomic mass is 32.2. The highest BCUT2D eigenvalue weighted by Gasteiger charge is 2.33. The molecule has 2 N–H and O–H groups in total. The Bertz CT molecular complexity index is 1230. The van der Waals surface area contributed by atoms with Crippen molar-refractivity contribution in [2.75, 3.05) is 24.1 Å². The third-order valence-corrected chi connectivity index (χ3v) is 7.25. The van der Waals surface area contributed by atoms with Crippen LogP contribution in [-0.2, 0) is 23.0 Å². The lowest BCUT2D eigenvalue weighted by Crippen LogP contribution is -2.32. The molecular formula is C24H29N5O3S. The highest BCUT2D eigenvalue weighted by molar-refractivity contribution is 7.92. The van der Waals surface area contributed by atoms with Crippen LogP contribution >= 0.6 is 0 Å². The summed E-state index contributed by atoms with van der Waals surface area (Å²) in [6.07, 6.45) is 5.30. The number of anilines is 1. The van der Waals surface area contributed by atoms with E-state index in [2.05, 4.69) is 38.1 Å². The maximum absolute atomic E-state index is 11.5. The van der Waals surface area contributed by atoms with Crippen molar-refractivity contribution < 1.29 is 13.5 Å². The number of rotatable bonds is 6. The van der Waals surface area contributed by atoms with Crippen molar-refractivity contribution in [1.29, 1.82) is 0 Å². The van der Waals surface area contributed by atoms with Crippen molar-refractivity contribution in [2.45, 2.75) is 43.9 Å². The monoisotopic (exact) mass is 467 g/mol. The molecule has 2 unspecified atom stereocenters. The summed E-state index contributed by atoms with van der Waals surface area (Å²) in [5, 5.41) is 19.3. The van der Waals surface area contributed by atoms with Gasteiger partial charge in [-0.05, 0) is 60.7 Å². The Labute approximate surface area is 194 Å². The summed E-state index contributed by atoms with van der Waals surface area (Å²) in [7, 11) is -3.28. The summed E-state index contributed by atoms with van der Waals surface area (Å²) in [6, 6.07) is 15.6. The predicted octanol–water partition coefficient (Wildman–Crippen LogP) is 2.54. The molecule has 2 aromatic carbocycles. The van der Waals surface area contributed by atoms with Gasteiger partial charge in [-0.1, -0.05) is 41.6 Å². The number of benzene rings is 2. The van der Waals surface area contributed by atoms with Crippen LogP contribution in [-0.4, -0.2) is 58.9 Å². The van der Waals surface area contributed by atoms with Crippen LogP contribution < -0.4 is 4.72 Å². The minimum atomic E-state index is -3.28. The van der Waals surface area contributed by atoms with E-state index >= 15 is 0 Å².